The van der Waals surface area contributed by atoms with Crippen molar-refractivity contribution in [2.75, 3.05) is 0 Å². The van der Waals surface area contributed by atoms with E-state index in [9.17, 15) is 0 Å². The van der Waals surface area contributed by atoms with Crippen LogP contribution in [0.3, 0.4) is 0 Å². The van der Waals surface area contributed by atoms with Crippen molar-refractivity contribution in [2.45, 2.75) is 33.1 Å². The third-order valence-electron chi connectivity index (χ3n) is 2.39. The molecular weight excluding hydrogens is 182 g/mol. The number of pyridine rings is 1. The number of nitrogens with zero attached hydrogens (tertiary/aromatic N) is 1. The number of hydrogen-bond acceptors (Lipinski definition) is 1. The topological polar surface area (TPSA) is 12.9 Å². The van der Waals surface area contributed by atoms with Crippen molar-refractivity contribution in [3.8, 4) is 0 Å². The average molecular weight is 201 g/mol. The van der Waals surface area contributed by atoms with Crippen LogP contribution in [0.5, 0.6) is 0 Å². The minimum absolute atomic E-state index is 0.0933. The first-order valence-electron chi connectivity index (χ1n) is 5.24. The Labute approximate surface area is 92.6 Å². The van der Waals surface area contributed by atoms with Gasteiger partial charge < -0.3 is 0 Å². The zero-order valence-corrected chi connectivity index (χ0v) is 10.0. The van der Waals surface area contributed by atoms with Gasteiger partial charge in [-0.05, 0) is 30.2 Å². The predicted molar refractivity (Wildman–Crippen MR) is 66.8 cm³/mol. The standard InChI is InChI=1S/C14H19N/c1-6-11(7-2)12-8-9-15-13(10-12)14(3,4)5/h6-10H,1H2,2-5H3/b11-7+. The number of hydrogen-bond donors (Lipinski definition) is 0. The lowest BCUT2D eigenvalue weighted by Gasteiger charge is -2.18. The van der Waals surface area contributed by atoms with Gasteiger partial charge in [0.05, 0.1) is 0 Å². The van der Waals surface area contributed by atoms with Gasteiger partial charge >= 0.3 is 0 Å². The largest absolute Gasteiger partial charge is 0.261 e. The summed E-state index contributed by atoms with van der Waals surface area (Å²) in [5, 5.41) is 0. The summed E-state index contributed by atoms with van der Waals surface area (Å²) in [6.07, 6.45) is 5.81. The Morgan fingerprint density at radius 2 is 2.07 bits per heavy atom. The van der Waals surface area contributed by atoms with Crippen LogP contribution >= 0.6 is 0 Å². The van der Waals surface area contributed by atoms with E-state index in [1.165, 1.54) is 5.56 Å². The van der Waals surface area contributed by atoms with Crippen molar-refractivity contribution in [2.24, 2.45) is 0 Å². The van der Waals surface area contributed by atoms with Gasteiger partial charge in [0, 0.05) is 17.3 Å². The first-order chi connectivity index (χ1) is 6.99. The number of rotatable bonds is 2. The third kappa shape index (κ3) is 2.79. The van der Waals surface area contributed by atoms with Crippen LogP contribution in [-0.2, 0) is 5.41 Å². The highest BCUT2D eigenvalue weighted by Gasteiger charge is 2.15. The molecule has 0 fully saturated rings. The van der Waals surface area contributed by atoms with Crippen molar-refractivity contribution >= 4 is 5.57 Å². The van der Waals surface area contributed by atoms with Crippen LogP contribution in [0.4, 0.5) is 0 Å². The summed E-state index contributed by atoms with van der Waals surface area (Å²) in [5.41, 5.74) is 3.55. The second-order valence-corrected chi connectivity index (χ2v) is 4.63. The summed E-state index contributed by atoms with van der Waals surface area (Å²) in [7, 11) is 0. The molecule has 0 bridgehead atoms. The second kappa shape index (κ2) is 4.43. The zero-order chi connectivity index (χ0) is 11.5. The van der Waals surface area contributed by atoms with Crippen LogP contribution in [0.2, 0.25) is 0 Å². The van der Waals surface area contributed by atoms with Gasteiger partial charge in [-0.1, -0.05) is 39.5 Å². The number of allylic oxidation sites excluding steroid dienone is 3. The molecule has 0 amide bonds. The van der Waals surface area contributed by atoms with Gasteiger partial charge in [0.2, 0.25) is 0 Å². The zero-order valence-electron chi connectivity index (χ0n) is 10.0. The molecule has 0 saturated heterocycles. The van der Waals surface area contributed by atoms with Gasteiger partial charge in [0.15, 0.2) is 0 Å². The van der Waals surface area contributed by atoms with E-state index in [0.29, 0.717) is 0 Å². The molecule has 0 aliphatic carbocycles. The summed E-state index contributed by atoms with van der Waals surface area (Å²) in [5.74, 6) is 0. The highest BCUT2D eigenvalue weighted by molar-refractivity contribution is 5.73. The van der Waals surface area contributed by atoms with E-state index in [2.05, 4.69) is 44.5 Å². The van der Waals surface area contributed by atoms with Crippen LogP contribution in [0, 0.1) is 0 Å². The molecule has 0 unspecified atom stereocenters. The molecule has 0 saturated carbocycles. The summed E-state index contributed by atoms with van der Waals surface area (Å²) in [6, 6.07) is 4.16. The average Bonchev–Trinajstić information content (AvgIpc) is 2.19. The summed E-state index contributed by atoms with van der Waals surface area (Å²) >= 11 is 0. The molecule has 1 aromatic heterocycles. The SMILES string of the molecule is C=C/C(=C\C)c1ccnc(C(C)(C)C)c1. The Bertz CT molecular complexity index is 381. The fourth-order valence-corrected chi connectivity index (χ4v) is 1.42. The molecule has 0 aromatic carbocycles. The van der Waals surface area contributed by atoms with Crippen molar-refractivity contribution in [3.63, 3.8) is 0 Å². The monoisotopic (exact) mass is 201 g/mol. The molecule has 1 heterocycles. The van der Waals surface area contributed by atoms with Gasteiger partial charge in [-0.2, -0.15) is 0 Å². The maximum Gasteiger partial charge on any atom is 0.0463 e. The van der Waals surface area contributed by atoms with Crippen LogP contribution in [-0.4, -0.2) is 4.98 Å². The molecule has 80 valence electrons. The van der Waals surface area contributed by atoms with Gasteiger partial charge in [0.25, 0.3) is 0 Å². The lowest BCUT2D eigenvalue weighted by Crippen LogP contribution is -2.13. The van der Waals surface area contributed by atoms with Crippen LogP contribution in [0.15, 0.2) is 37.1 Å². The van der Waals surface area contributed by atoms with Gasteiger partial charge in [-0.15, -0.1) is 0 Å². The minimum Gasteiger partial charge on any atom is -0.261 e. The molecule has 15 heavy (non-hydrogen) atoms. The smallest absolute Gasteiger partial charge is 0.0463 e. The fraction of sp³-hybridized carbons (Fsp3) is 0.357. The van der Waals surface area contributed by atoms with E-state index >= 15 is 0 Å². The normalized spacial score (nSPS) is 12.7. The lowest BCUT2D eigenvalue weighted by atomic mass is 9.90. The van der Waals surface area contributed by atoms with Crippen molar-refractivity contribution in [1.29, 1.82) is 0 Å². The van der Waals surface area contributed by atoms with Gasteiger partial charge in [-0.25, -0.2) is 0 Å². The van der Waals surface area contributed by atoms with Crippen LogP contribution < -0.4 is 0 Å². The quantitative estimate of drug-likeness (QED) is 0.660. The van der Waals surface area contributed by atoms with Crippen molar-refractivity contribution in [3.05, 3.63) is 48.3 Å². The van der Waals surface area contributed by atoms with Crippen LogP contribution in [0.25, 0.3) is 5.57 Å². The molecule has 1 aromatic rings. The Morgan fingerprint density at radius 3 is 2.53 bits per heavy atom. The Kier molecular flexibility index (Phi) is 3.46. The molecule has 0 aliphatic heterocycles. The summed E-state index contributed by atoms with van der Waals surface area (Å²) < 4.78 is 0. The molecular formula is C14H19N. The molecule has 1 heteroatoms. The number of aromatic nitrogens is 1. The molecule has 1 nitrogen and oxygen atoms in total. The summed E-state index contributed by atoms with van der Waals surface area (Å²) in [6.45, 7) is 12.3. The molecule has 0 N–H and O–H groups in total. The van der Waals surface area contributed by atoms with Crippen molar-refractivity contribution in [1.82, 2.24) is 4.98 Å². The Hall–Kier alpha value is -1.37. The van der Waals surface area contributed by atoms with E-state index in [-0.39, 0.29) is 5.41 Å². The van der Waals surface area contributed by atoms with Gasteiger partial charge in [0.1, 0.15) is 0 Å². The highest BCUT2D eigenvalue weighted by Crippen LogP contribution is 2.23. The second-order valence-electron chi connectivity index (χ2n) is 4.63. The fourth-order valence-electron chi connectivity index (χ4n) is 1.42. The Morgan fingerprint density at radius 1 is 1.40 bits per heavy atom. The van der Waals surface area contributed by atoms with Crippen LogP contribution in [0.1, 0.15) is 39.0 Å². The minimum atomic E-state index is 0.0933. The highest BCUT2D eigenvalue weighted by atomic mass is 14.7. The molecule has 0 aliphatic rings. The maximum absolute atomic E-state index is 4.40. The third-order valence-corrected chi connectivity index (χ3v) is 2.39. The lowest BCUT2D eigenvalue weighted by molar-refractivity contribution is 0.569. The molecule has 1 rings (SSSR count). The molecule has 0 atom stereocenters. The molecule has 0 spiro atoms. The van der Waals surface area contributed by atoms with E-state index in [1.807, 2.05) is 25.3 Å². The Balaban J connectivity index is 3.19. The van der Waals surface area contributed by atoms with Crippen molar-refractivity contribution < 1.29 is 0 Å². The first-order valence-corrected chi connectivity index (χ1v) is 5.24. The van der Waals surface area contributed by atoms with E-state index < -0.39 is 0 Å². The van der Waals surface area contributed by atoms with Gasteiger partial charge in [-0.3, -0.25) is 4.98 Å². The summed E-state index contributed by atoms with van der Waals surface area (Å²) in [4.78, 5) is 4.40. The van der Waals surface area contributed by atoms with E-state index in [0.717, 1.165) is 11.3 Å². The maximum atomic E-state index is 4.40. The van der Waals surface area contributed by atoms with E-state index in [4.69, 9.17) is 0 Å². The molecule has 0 radical (unpaired) electrons. The van der Waals surface area contributed by atoms with E-state index in [1.54, 1.807) is 0 Å². The first kappa shape index (κ1) is 11.7. The predicted octanol–water partition coefficient (Wildman–Crippen LogP) is 3.97.